The standard InChI is InChI=1S/C14H13NO5/c1-9-6-10(7-19-9)14(18)15-11-4-2-3-5-12(11)20-8-13(16)17/h2-7H,8H2,1H3,(H,15,18)(H,16,17). The third-order valence-corrected chi connectivity index (χ3v) is 2.48. The summed E-state index contributed by atoms with van der Waals surface area (Å²) in [6, 6.07) is 8.22. The van der Waals surface area contributed by atoms with E-state index >= 15 is 0 Å². The fourth-order valence-electron chi connectivity index (χ4n) is 1.59. The Hall–Kier alpha value is -2.76. The number of carbonyl (C=O) groups is 2. The van der Waals surface area contributed by atoms with Crippen LogP contribution in [0, 0.1) is 6.92 Å². The zero-order chi connectivity index (χ0) is 14.5. The summed E-state index contributed by atoms with van der Waals surface area (Å²) in [7, 11) is 0. The van der Waals surface area contributed by atoms with Crippen LogP contribution in [0.4, 0.5) is 5.69 Å². The molecule has 1 aromatic carbocycles. The molecule has 1 heterocycles. The third kappa shape index (κ3) is 3.38. The fraction of sp³-hybridized carbons (Fsp3) is 0.143. The number of rotatable bonds is 5. The van der Waals surface area contributed by atoms with Crippen LogP contribution < -0.4 is 10.1 Å². The van der Waals surface area contributed by atoms with Crippen LogP contribution in [0.5, 0.6) is 5.75 Å². The van der Waals surface area contributed by atoms with Crippen molar-refractivity contribution in [3.63, 3.8) is 0 Å². The van der Waals surface area contributed by atoms with Crippen molar-refractivity contribution in [3.8, 4) is 5.75 Å². The van der Waals surface area contributed by atoms with E-state index in [1.807, 2.05) is 0 Å². The Morgan fingerprint density at radius 1 is 1.35 bits per heavy atom. The number of carbonyl (C=O) groups excluding carboxylic acids is 1. The summed E-state index contributed by atoms with van der Waals surface area (Å²) in [4.78, 5) is 22.5. The number of furan rings is 1. The first kappa shape index (κ1) is 13.7. The molecule has 6 nitrogen and oxygen atoms in total. The molecule has 104 valence electrons. The topological polar surface area (TPSA) is 88.8 Å². The molecule has 0 radical (unpaired) electrons. The van der Waals surface area contributed by atoms with Crippen LogP contribution in [0.1, 0.15) is 16.1 Å². The van der Waals surface area contributed by atoms with Crippen LogP contribution in [0.25, 0.3) is 0 Å². The molecule has 0 spiro atoms. The van der Waals surface area contributed by atoms with Gasteiger partial charge in [0.2, 0.25) is 0 Å². The largest absolute Gasteiger partial charge is 0.480 e. The summed E-state index contributed by atoms with van der Waals surface area (Å²) in [5.41, 5.74) is 0.785. The molecule has 0 atom stereocenters. The predicted octanol–water partition coefficient (Wildman–Crippen LogP) is 2.30. The highest BCUT2D eigenvalue weighted by Crippen LogP contribution is 2.24. The van der Waals surface area contributed by atoms with Crippen LogP contribution in [0.2, 0.25) is 0 Å². The fourth-order valence-corrected chi connectivity index (χ4v) is 1.59. The minimum absolute atomic E-state index is 0.295. The molecular weight excluding hydrogens is 262 g/mol. The zero-order valence-corrected chi connectivity index (χ0v) is 10.8. The first-order chi connectivity index (χ1) is 9.56. The first-order valence-corrected chi connectivity index (χ1v) is 5.86. The van der Waals surface area contributed by atoms with Crippen LogP contribution >= 0.6 is 0 Å². The van der Waals surface area contributed by atoms with Gasteiger partial charge in [-0.2, -0.15) is 0 Å². The highest BCUT2D eigenvalue weighted by molar-refractivity contribution is 6.04. The number of ether oxygens (including phenoxy) is 1. The van der Waals surface area contributed by atoms with Gasteiger partial charge in [0, 0.05) is 0 Å². The van der Waals surface area contributed by atoms with Gasteiger partial charge in [-0.25, -0.2) is 4.79 Å². The highest BCUT2D eigenvalue weighted by Gasteiger charge is 2.12. The van der Waals surface area contributed by atoms with Gasteiger partial charge in [-0.05, 0) is 25.1 Å². The number of benzene rings is 1. The lowest BCUT2D eigenvalue weighted by Gasteiger charge is -2.10. The van der Waals surface area contributed by atoms with Gasteiger partial charge >= 0.3 is 5.97 Å². The molecule has 2 aromatic rings. The minimum atomic E-state index is -1.09. The van der Waals surface area contributed by atoms with Gasteiger partial charge in [-0.3, -0.25) is 4.79 Å². The van der Waals surface area contributed by atoms with Gasteiger partial charge in [0.05, 0.1) is 11.3 Å². The molecule has 0 aliphatic heterocycles. The lowest BCUT2D eigenvalue weighted by molar-refractivity contribution is -0.139. The smallest absolute Gasteiger partial charge is 0.341 e. The van der Waals surface area contributed by atoms with E-state index in [4.69, 9.17) is 14.3 Å². The molecule has 0 bridgehead atoms. The van der Waals surface area contributed by atoms with Crippen LogP contribution in [0.15, 0.2) is 41.0 Å². The maximum atomic E-state index is 12.0. The minimum Gasteiger partial charge on any atom is -0.480 e. The van der Waals surface area contributed by atoms with Gasteiger partial charge in [0.15, 0.2) is 6.61 Å². The number of hydrogen-bond donors (Lipinski definition) is 2. The SMILES string of the molecule is Cc1cc(C(=O)Nc2ccccc2OCC(=O)O)co1. The van der Waals surface area contributed by atoms with Crippen molar-refractivity contribution >= 4 is 17.6 Å². The molecule has 6 heteroatoms. The number of carboxylic acid groups (broad SMARTS) is 1. The van der Waals surface area contributed by atoms with E-state index in [0.29, 0.717) is 22.8 Å². The Morgan fingerprint density at radius 2 is 2.10 bits per heavy atom. The molecule has 0 aliphatic rings. The second kappa shape index (κ2) is 5.92. The Balaban J connectivity index is 2.12. The van der Waals surface area contributed by atoms with Crippen molar-refractivity contribution < 1.29 is 23.8 Å². The first-order valence-electron chi connectivity index (χ1n) is 5.86. The number of amides is 1. The van der Waals surface area contributed by atoms with Crippen LogP contribution in [-0.4, -0.2) is 23.6 Å². The maximum absolute atomic E-state index is 12.0. The number of nitrogens with one attached hydrogen (secondary N) is 1. The number of aliphatic carboxylic acids is 1. The van der Waals surface area contributed by atoms with Crippen LogP contribution in [-0.2, 0) is 4.79 Å². The summed E-state index contributed by atoms with van der Waals surface area (Å²) < 4.78 is 10.2. The summed E-state index contributed by atoms with van der Waals surface area (Å²) in [5.74, 6) is -0.515. The van der Waals surface area contributed by atoms with Gasteiger partial charge < -0.3 is 19.6 Å². The average Bonchev–Trinajstić information content (AvgIpc) is 2.84. The van der Waals surface area contributed by atoms with Crippen molar-refractivity contribution in [3.05, 3.63) is 47.9 Å². The zero-order valence-electron chi connectivity index (χ0n) is 10.8. The lowest BCUT2D eigenvalue weighted by Crippen LogP contribution is -2.14. The average molecular weight is 275 g/mol. The molecular formula is C14H13NO5. The predicted molar refractivity (Wildman–Crippen MR) is 71.0 cm³/mol. The van der Waals surface area contributed by atoms with Crippen molar-refractivity contribution in [1.82, 2.24) is 0 Å². The summed E-state index contributed by atoms with van der Waals surface area (Å²) in [6.07, 6.45) is 1.35. The Kier molecular flexibility index (Phi) is 4.05. The quantitative estimate of drug-likeness (QED) is 0.874. The van der Waals surface area contributed by atoms with E-state index in [9.17, 15) is 9.59 Å². The monoisotopic (exact) mass is 275 g/mol. The van der Waals surface area contributed by atoms with E-state index in [1.165, 1.54) is 6.26 Å². The molecule has 0 saturated heterocycles. The summed E-state index contributed by atoms with van der Waals surface area (Å²) in [6.45, 7) is 1.26. The molecule has 2 rings (SSSR count). The molecule has 0 aliphatic carbocycles. The molecule has 2 N–H and O–H groups in total. The van der Waals surface area contributed by atoms with Gasteiger partial charge in [0.25, 0.3) is 5.91 Å². The third-order valence-electron chi connectivity index (χ3n) is 2.48. The molecule has 0 fully saturated rings. The number of anilines is 1. The molecule has 1 amide bonds. The van der Waals surface area contributed by atoms with Crippen LogP contribution in [0.3, 0.4) is 0 Å². The number of hydrogen-bond acceptors (Lipinski definition) is 4. The molecule has 1 aromatic heterocycles. The van der Waals surface area contributed by atoms with Gasteiger partial charge in [-0.1, -0.05) is 12.1 Å². The number of para-hydroxylation sites is 2. The van der Waals surface area contributed by atoms with Crippen molar-refractivity contribution in [1.29, 1.82) is 0 Å². The normalized spacial score (nSPS) is 10.1. The second-order valence-electron chi connectivity index (χ2n) is 4.08. The molecule has 0 saturated carbocycles. The molecule has 20 heavy (non-hydrogen) atoms. The van der Waals surface area contributed by atoms with E-state index in [0.717, 1.165) is 0 Å². The van der Waals surface area contributed by atoms with E-state index < -0.39 is 12.6 Å². The van der Waals surface area contributed by atoms with E-state index in [2.05, 4.69) is 5.32 Å². The lowest BCUT2D eigenvalue weighted by atomic mass is 10.2. The van der Waals surface area contributed by atoms with Gasteiger partial charge in [-0.15, -0.1) is 0 Å². The van der Waals surface area contributed by atoms with Crippen molar-refractivity contribution in [2.75, 3.05) is 11.9 Å². The summed E-state index contributed by atoms with van der Waals surface area (Å²) in [5, 5.41) is 11.3. The number of carboxylic acids is 1. The van der Waals surface area contributed by atoms with E-state index in [1.54, 1.807) is 37.3 Å². The Bertz CT molecular complexity index is 632. The second-order valence-corrected chi connectivity index (χ2v) is 4.08. The Labute approximate surface area is 115 Å². The Morgan fingerprint density at radius 3 is 2.75 bits per heavy atom. The van der Waals surface area contributed by atoms with Crippen molar-refractivity contribution in [2.45, 2.75) is 6.92 Å². The summed E-state index contributed by atoms with van der Waals surface area (Å²) >= 11 is 0. The van der Waals surface area contributed by atoms with Crippen molar-refractivity contribution in [2.24, 2.45) is 0 Å². The van der Waals surface area contributed by atoms with E-state index in [-0.39, 0.29) is 5.91 Å². The maximum Gasteiger partial charge on any atom is 0.341 e. The molecule has 0 unspecified atom stereocenters. The highest BCUT2D eigenvalue weighted by atomic mass is 16.5. The van der Waals surface area contributed by atoms with Gasteiger partial charge in [0.1, 0.15) is 17.8 Å². The number of aryl methyl sites for hydroxylation is 1.